The van der Waals surface area contributed by atoms with E-state index in [9.17, 15) is 4.79 Å². The Morgan fingerprint density at radius 1 is 1.85 bits per heavy atom. The molecule has 0 N–H and O–H groups in total. The summed E-state index contributed by atoms with van der Waals surface area (Å²) in [6, 6.07) is 1.98. The fourth-order valence-electron chi connectivity index (χ4n) is 1.06. The molecule has 1 atom stereocenters. The number of ketones is 1. The van der Waals surface area contributed by atoms with Crippen LogP contribution in [0, 0.1) is 17.2 Å². The van der Waals surface area contributed by atoms with Gasteiger partial charge in [-0.15, -0.1) is 0 Å². The molecule has 0 bridgehead atoms. The van der Waals surface area contributed by atoms with Crippen LogP contribution in [0.3, 0.4) is 0 Å². The largest absolute Gasteiger partial charge is 0.294 e. The van der Waals surface area contributed by atoms with Crippen LogP contribution in [-0.2, 0) is 7.05 Å². The minimum absolute atomic E-state index is 0.0188. The lowest BCUT2D eigenvalue weighted by atomic mass is 9.99. The molecule has 1 aromatic rings. The normalized spacial score (nSPS) is 12.1. The zero-order valence-electron chi connectivity index (χ0n) is 7.69. The molecule has 0 spiro atoms. The maximum absolute atomic E-state index is 11.5. The highest BCUT2D eigenvalue weighted by Gasteiger charge is 2.15. The van der Waals surface area contributed by atoms with Crippen LogP contribution in [-0.4, -0.2) is 15.6 Å². The highest BCUT2D eigenvalue weighted by atomic mass is 16.1. The van der Waals surface area contributed by atoms with E-state index in [0.29, 0.717) is 5.56 Å². The molecule has 0 saturated heterocycles. The lowest BCUT2D eigenvalue weighted by Gasteiger charge is -2.01. The van der Waals surface area contributed by atoms with Gasteiger partial charge in [-0.05, 0) is 0 Å². The molecule has 1 heterocycles. The molecule has 0 saturated carbocycles. The molecule has 0 aliphatic carbocycles. The monoisotopic (exact) mass is 177 g/mol. The molecule has 0 fully saturated rings. The Labute approximate surface area is 76.8 Å². The van der Waals surface area contributed by atoms with Crippen molar-refractivity contribution in [2.75, 3.05) is 0 Å². The van der Waals surface area contributed by atoms with Crippen LogP contribution in [0.4, 0.5) is 0 Å². The van der Waals surface area contributed by atoms with Crippen molar-refractivity contribution in [1.29, 1.82) is 5.26 Å². The molecule has 1 rings (SSSR count). The predicted molar refractivity (Wildman–Crippen MR) is 46.9 cm³/mol. The van der Waals surface area contributed by atoms with Gasteiger partial charge in [0.1, 0.15) is 0 Å². The van der Waals surface area contributed by atoms with Gasteiger partial charge in [-0.3, -0.25) is 9.48 Å². The summed E-state index contributed by atoms with van der Waals surface area (Å²) in [5.74, 6) is -0.260. The minimum atomic E-state index is -0.241. The number of aryl methyl sites for hydroxylation is 1. The first-order valence-corrected chi connectivity index (χ1v) is 4.05. The number of aromatic nitrogens is 2. The number of hydrogen-bond donors (Lipinski definition) is 0. The first-order chi connectivity index (χ1) is 6.15. The molecule has 0 radical (unpaired) electrons. The summed E-state index contributed by atoms with van der Waals surface area (Å²) in [6.45, 7) is 1.75. The third kappa shape index (κ3) is 2.15. The molecule has 68 valence electrons. The summed E-state index contributed by atoms with van der Waals surface area (Å²) in [5, 5.41) is 12.3. The quantitative estimate of drug-likeness (QED) is 0.651. The van der Waals surface area contributed by atoms with Crippen LogP contribution in [0.1, 0.15) is 23.7 Å². The smallest absolute Gasteiger partial charge is 0.169 e. The van der Waals surface area contributed by atoms with Gasteiger partial charge >= 0.3 is 0 Å². The Morgan fingerprint density at radius 3 is 3.00 bits per heavy atom. The number of carbonyl (C=O) groups excluding carboxylic acids is 1. The second-order valence-electron chi connectivity index (χ2n) is 3.03. The summed E-state index contributed by atoms with van der Waals surface area (Å²) in [5.41, 5.74) is 0.574. The zero-order valence-corrected chi connectivity index (χ0v) is 7.69. The van der Waals surface area contributed by atoms with Crippen LogP contribution in [0.15, 0.2) is 12.4 Å². The van der Waals surface area contributed by atoms with Crippen molar-refractivity contribution in [1.82, 2.24) is 9.78 Å². The molecule has 0 aromatic carbocycles. The molecule has 1 aromatic heterocycles. The molecular weight excluding hydrogens is 166 g/mol. The average molecular weight is 177 g/mol. The molecule has 0 aliphatic heterocycles. The molecular formula is C9H11N3O. The van der Waals surface area contributed by atoms with E-state index < -0.39 is 0 Å². The number of hydrogen-bond acceptors (Lipinski definition) is 3. The fraction of sp³-hybridized carbons (Fsp3) is 0.444. The van der Waals surface area contributed by atoms with Gasteiger partial charge in [-0.25, -0.2) is 0 Å². The third-order valence-electron chi connectivity index (χ3n) is 1.83. The van der Waals surface area contributed by atoms with Crippen molar-refractivity contribution < 1.29 is 4.79 Å². The number of rotatable bonds is 3. The Kier molecular flexibility index (Phi) is 2.80. The molecule has 13 heavy (non-hydrogen) atoms. The van der Waals surface area contributed by atoms with Crippen molar-refractivity contribution in [3.63, 3.8) is 0 Å². The Bertz CT molecular complexity index is 348. The summed E-state index contributed by atoms with van der Waals surface area (Å²) < 4.78 is 1.58. The van der Waals surface area contributed by atoms with Crippen molar-refractivity contribution in [3.8, 4) is 6.07 Å². The van der Waals surface area contributed by atoms with Gasteiger partial charge in [0.15, 0.2) is 5.78 Å². The van der Waals surface area contributed by atoms with Crippen LogP contribution in [0.2, 0.25) is 0 Å². The second kappa shape index (κ2) is 3.85. The highest BCUT2D eigenvalue weighted by Crippen LogP contribution is 2.10. The second-order valence-corrected chi connectivity index (χ2v) is 3.03. The predicted octanol–water partition coefficient (Wildman–Crippen LogP) is 1.15. The lowest BCUT2D eigenvalue weighted by molar-refractivity contribution is 0.0932. The van der Waals surface area contributed by atoms with Crippen molar-refractivity contribution in [3.05, 3.63) is 18.0 Å². The Balaban J connectivity index is 2.74. The van der Waals surface area contributed by atoms with E-state index >= 15 is 0 Å². The van der Waals surface area contributed by atoms with E-state index in [4.69, 9.17) is 5.26 Å². The van der Waals surface area contributed by atoms with Gasteiger partial charge in [0.05, 0.1) is 17.8 Å². The summed E-state index contributed by atoms with van der Waals surface area (Å²) in [6.07, 6.45) is 3.44. The van der Waals surface area contributed by atoms with Crippen LogP contribution < -0.4 is 0 Å². The first-order valence-electron chi connectivity index (χ1n) is 4.05. The maximum Gasteiger partial charge on any atom is 0.169 e. The molecule has 4 nitrogen and oxygen atoms in total. The number of carbonyl (C=O) groups is 1. The van der Waals surface area contributed by atoms with Gasteiger partial charge < -0.3 is 0 Å². The van der Waals surface area contributed by atoms with Gasteiger partial charge in [-0.2, -0.15) is 10.4 Å². The Morgan fingerprint density at radius 2 is 2.54 bits per heavy atom. The van der Waals surface area contributed by atoms with Crippen molar-refractivity contribution in [2.45, 2.75) is 13.3 Å². The SMILES string of the molecule is CC(CC#N)C(=O)c1cnn(C)c1. The Hall–Kier alpha value is -1.63. The fourth-order valence-corrected chi connectivity index (χ4v) is 1.06. The maximum atomic E-state index is 11.5. The van der Waals surface area contributed by atoms with E-state index in [-0.39, 0.29) is 18.1 Å². The van der Waals surface area contributed by atoms with Gasteiger partial charge in [-0.1, -0.05) is 6.92 Å². The molecule has 0 aliphatic rings. The summed E-state index contributed by atoms with van der Waals surface area (Å²) >= 11 is 0. The first kappa shape index (κ1) is 9.46. The highest BCUT2D eigenvalue weighted by molar-refractivity contribution is 5.97. The zero-order chi connectivity index (χ0) is 9.84. The number of nitriles is 1. The number of Topliss-reactive ketones (excluding diaryl/α,β-unsaturated/α-hetero) is 1. The third-order valence-corrected chi connectivity index (χ3v) is 1.83. The lowest BCUT2D eigenvalue weighted by Crippen LogP contribution is -2.09. The molecule has 1 unspecified atom stereocenters. The summed E-state index contributed by atoms with van der Waals surface area (Å²) in [4.78, 5) is 11.5. The molecule has 0 amide bonds. The minimum Gasteiger partial charge on any atom is -0.294 e. The van der Waals surface area contributed by atoms with E-state index in [2.05, 4.69) is 5.10 Å². The van der Waals surface area contributed by atoms with Crippen LogP contribution >= 0.6 is 0 Å². The van der Waals surface area contributed by atoms with Crippen molar-refractivity contribution in [2.24, 2.45) is 13.0 Å². The molecule has 4 heteroatoms. The van der Waals surface area contributed by atoms with Gasteiger partial charge in [0, 0.05) is 25.6 Å². The van der Waals surface area contributed by atoms with Gasteiger partial charge in [0.25, 0.3) is 0 Å². The van der Waals surface area contributed by atoms with Gasteiger partial charge in [0.2, 0.25) is 0 Å². The average Bonchev–Trinajstić information content (AvgIpc) is 2.51. The summed E-state index contributed by atoms with van der Waals surface area (Å²) in [7, 11) is 1.76. The number of nitrogens with zero attached hydrogens (tertiary/aromatic N) is 3. The van der Waals surface area contributed by atoms with Crippen molar-refractivity contribution >= 4 is 5.78 Å². The van der Waals surface area contributed by atoms with E-state index in [1.54, 1.807) is 24.9 Å². The topological polar surface area (TPSA) is 58.7 Å². The van der Waals surface area contributed by atoms with E-state index in [0.717, 1.165) is 0 Å². The van der Waals surface area contributed by atoms with E-state index in [1.807, 2.05) is 6.07 Å². The standard InChI is InChI=1S/C9H11N3O/c1-7(3-4-10)9(13)8-5-11-12(2)6-8/h5-7H,3H2,1-2H3. The van der Waals surface area contributed by atoms with E-state index in [1.165, 1.54) is 6.20 Å². The van der Waals surface area contributed by atoms with Crippen LogP contribution in [0.25, 0.3) is 0 Å². The van der Waals surface area contributed by atoms with Crippen LogP contribution in [0.5, 0.6) is 0 Å².